The summed E-state index contributed by atoms with van der Waals surface area (Å²) in [7, 11) is 0. The maximum Gasteiger partial charge on any atom is 0.334 e. The van der Waals surface area contributed by atoms with Crippen molar-refractivity contribution in [1.82, 2.24) is 0 Å². The number of oxime groups is 1. The van der Waals surface area contributed by atoms with Gasteiger partial charge in [0, 0.05) is 5.57 Å². The van der Waals surface area contributed by atoms with Gasteiger partial charge in [0.05, 0.1) is 42.3 Å². The number of nitrogens with zero attached hydrogens (tertiary/aromatic N) is 1. The Labute approximate surface area is 273 Å². The summed E-state index contributed by atoms with van der Waals surface area (Å²) in [4.78, 5) is 11.6. The smallest absolute Gasteiger partial charge is 0.334 e. The van der Waals surface area contributed by atoms with Crippen molar-refractivity contribution in [3.63, 3.8) is 0 Å². The molecule has 2 saturated heterocycles. The molecule has 45 heavy (non-hydrogen) atoms. The van der Waals surface area contributed by atoms with Gasteiger partial charge in [-0.15, -0.1) is 0 Å². The van der Waals surface area contributed by atoms with Crippen LogP contribution in [0.2, 0.25) is 0 Å². The minimum atomic E-state index is -0.504. The third-order valence-electron chi connectivity index (χ3n) is 10.1. The van der Waals surface area contributed by atoms with Crippen LogP contribution in [0.5, 0.6) is 0 Å². The second-order valence-corrected chi connectivity index (χ2v) is 14.0. The largest absolute Gasteiger partial charge is 0.455 e. The van der Waals surface area contributed by atoms with E-state index in [4.69, 9.17) is 14.2 Å². The summed E-state index contributed by atoms with van der Waals surface area (Å²) in [6.45, 7) is 4.10. The van der Waals surface area contributed by atoms with Gasteiger partial charge in [-0.2, -0.15) is 0 Å². The van der Waals surface area contributed by atoms with Gasteiger partial charge in [-0.3, -0.25) is 0 Å². The molecule has 7 atom stereocenters. The van der Waals surface area contributed by atoms with Gasteiger partial charge >= 0.3 is 5.97 Å². The lowest BCUT2D eigenvalue weighted by Gasteiger charge is -2.24. The number of hydrogen-bond donors (Lipinski definition) is 3. The SMILES string of the molecule is CCCCCC/C(CCC[C@H](O)[C@H]1CC[C@H]([C@H]2CC[C@H]([C@H](O)CCCCCCCCCCCCC3=C[C@H](C)OC3=O)O2)O1)=N\O. The van der Waals surface area contributed by atoms with E-state index >= 15 is 0 Å². The lowest BCUT2D eigenvalue weighted by atomic mass is 10.00. The molecule has 0 aromatic carbocycles. The molecular formula is C37H65NO7. The molecular weight excluding hydrogens is 570 g/mol. The second-order valence-electron chi connectivity index (χ2n) is 14.0. The molecule has 0 aliphatic carbocycles. The number of cyclic esters (lactones) is 1. The second kappa shape index (κ2) is 22.2. The number of esters is 1. The summed E-state index contributed by atoms with van der Waals surface area (Å²) < 4.78 is 17.7. The molecule has 260 valence electrons. The Bertz CT molecular complexity index is 877. The molecule has 3 aliphatic heterocycles. The van der Waals surface area contributed by atoms with Gasteiger partial charge in [-0.25, -0.2) is 4.79 Å². The van der Waals surface area contributed by atoms with E-state index in [1.807, 2.05) is 13.0 Å². The molecule has 0 radical (unpaired) electrons. The highest BCUT2D eigenvalue weighted by Gasteiger charge is 2.40. The van der Waals surface area contributed by atoms with E-state index in [9.17, 15) is 20.2 Å². The van der Waals surface area contributed by atoms with Crippen LogP contribution in [0.3, 0.4) is 0 Å². The predicted octanol–water partition coefficient (Wildman–Crippen LogP) is 8.33. The Morgan fingerprint density at radius 3 is 1.80 bits per heavy atom. The highest BCUT2D eigenvalue weighted by atomic mass is 16.6. The van der Waals surface area contributed by atoms with Crippen LogP contribution in [0.4, 0.5) is 0 Å². The van der Waals surface area contributed by atoms with E-state index in [2.05, 4.69) is 12.1 Å². The Balaban J connectivity index is 1.15. The van der Waals surface area contributed by atoms with Gasteiger partial charge in [0.15, 0.2) is 0 Å². The van der Waals surface area contributed by atoms with Crippen molar-refractivity contribution in [2.75, 3.05) is 0 Å². The number of aliphatic hydroxyl groups excluding tert-OH is 2. The maximum atomic E-state index is 11.6. The molecule has 0 spiro atoms. The average molecular weight is 636 g/mol. The topological polar surface area (TPSA) is 118 Å². The monoisotopic (exact) mass is 635 g/mol. The lowest BCUT2D eigenvalue weighted by molar-refractivity contribution is -0.139. The molecule has 8 nitrogen and oxygen atoms in total. The van der Waals surface area contributed by atoms with Crippen molar-refractivity contribution in [3.8, 4) is 0 Å². The number of hydrogen-bond acceptors (Lipinski definition) is 8. The van der Waals surface area contributed by atoms with E-state index in [1.54, 1.807) is 0 Å². The first-order chi connectivity index (χ1) is 21.9. The summed E-state index contributed by atoms with van der Waals surface area (Å²) in [5, 5.41) is 34.3. The number of unbranched alkanes of at least 4 members (excludes halogenated alkanes) is 12. The summed E-state index contributed by atoms with van der Waals surface area (Å²) in [6.07, 6.45) is 25.5. The zero-order valence-electron chi connectivity index (χ0n) is 28.5. The fourth-order valence-corrected chi connectivity index (χ4v) is 7.26. The van der Waals surface area contributed by atoms with E-state index in [0.717, 1.165) is 94.8 Å². The molecule has 3 rings (SSSR count). The molecule has 0 aromatic rings. The Kier molecular flexibility index (Phi) is 18.7. The first kappa shape index (κ1) is 38.0. The molecule has 8 heteroatoms. The third kappa shape index (κ3) is 14.4. The summed E-state index contributed by atoms with van der Waals surface area (Å²) in [6, 6.07) is 0. The van der Waals surface area contributed by atoms with Crippen LogP contribution in [-0.4, -0.2) is 69.8 Å². The molecule has 2 fully saturated rings. The van der Waals surface area contributed by atoms with Gasteiger partial charge in [0.1, 0.15) is 6.10 Å². The van der Waals surface area contributed by atoms with Crippen LogP contribution >= 0.6 is 0 Å². The van der Waals surface area contributed by atoms with Crippen molar-refractivity contribution in [2.45, 2.75) is 211 Å². The average Bonchev–Trinajstić information content (AvgIpc) is 3.79. The van der Waals surface area contributed by atoms with E-state index in [-0.39, 0.29) is 36.5 Å². The van der Waals surface area contributed by atoms with Crippen molar-refractivity contribution in [3.05, 3.63) is 11.6 Å². The molecule has 3 aliphatic rings. The van der Waals surface area contributed by atoms with Crippen molar-refractivity contribution in [2.24, 2.45) is 5.16 Å². The van der Waals surface area contributed by atoms with Crippen LogP contribution in [0.25, 0.3) is 0 Å². The molecule has 0 saturated carbocycles. The van der Waals surface area contributed by atoms with E-state index < -0.39 is 12.2 Å². The van der Waals surface area contributed by atoms with Gasteiger partial charge in [-0.1, -0.05) is 89.1 Å². The van der Waals surface area contributed by atoms with Crippen LogP contribution < -0.4 is 0 Å². The van der Waals surface area contributed by atoms with Crippen LogP contribution in [0, 0.1) is 0 Å². The highest BCUT2D eigenvalue weighted by Crippen LogP contribution is 2.34. The number of ether oxygens (including phenoxy) is 3. The fraction of sp³-hybridized carbons (Fsp3) is 0.892. The highest BCUT2D eigenvalue weighted by molar-refractivity contribution is 5.90. The van der Waals surface area contributed by atoms with Crippen molar-refractivity contribution < 1.29 is 34.4 Å². The predicted molar refractivity (Wildman–Crippen MR) is 179 cm³/mol. The molecule has 0 unspecified atom stereocenters. The van der Waals surface area contributed by atoms with Crippen molar-refractivity contribution in [1.29, 1.82) is 0 Å². The van der Waals surface area contributed by atoms with Crippen LogP contribution in [-0.2, 0) is 19.0 Å². The van der Waals surface area contributed by atoms with E-state index in [1.165, 1.54) is 64.2 Å². The lowest BCUT2D eigenvalue weighted by Crippen LogP contribution is -2.33. The number of carbonyl (C=O) groups excluding carboxylic acids is 1. The Hall–Kier alpha value is -1.48. The maximum absolute atomic E-state index is 11.6. The zero-order valence-corrected chi connectivity index (χ0v) is 28.5. The summed E-state index contributed by atoms with van der Waals surface area (Å²) in [5.74, 6) is -0.125. The van der Waals surface area contributed by atoms with Crippen molar-refractivity contribution >= 4 is 11.7 Å². The number of rotatable bonds is 25. The quantitative estimate of drug-likeness (QED) is 0.0303. The first-order valence-electron chi connectivity index (χ1n) is 18.7. The zero-order chi connectivity index (χ0) is 32.3. The van der Waals surface area contributed by atoms with Crippen LogP contribution in [0.1, 0.15) is 168 Å². The molecule has 3 heterocycles. The fourth-order valence-electron chi connectivity index (χ4n) is 7.26. The minimum Gasteiger partial charge on any atom is -0.455 e. The Morgan fingerprint density at radius 2 is 1.27 bits per heavy atom. The molecule has 0 amide bonds. The normalized spacial score (nSPS) is 26.8. The first-order valence-corrected chi connectivity index (χ1v) is 18.7. The van der Waals surface area contributed by atoms with Gasteiger partial charge in [0.25, 0.3) is 0 Å². The molecule has 0 aromatic heterocycles. The minimum absolute atomic E-state index is 0.00212. The summed E-state index contributed by atoms with van der Waals surface area (Å²) >= 11 is 0. The van der Waals surface area contributed by atoms with Gasteiger partial charge in [0.2, 0.25) is 0 Å². The standard InChI is InChI=1S/C37H65NO7/c1-3-4-5-15-19-30(38-42)20-17-22-32(40)34-24-26-36(45-34)35-25-23-33(44-35)31(39)21-16-13-11-9-7-6-8-10-12-14-18-29-27-28(2)43-37(29)41/h27-28,31-36,39-40,42H,3-26H2,1-2H3/b38-30+/t28-,31+,32-,33+,34+,35+,36+/m0/s1. The molecule has 3 N–H and O–H groups in total. The molecule has 0 bridgehead atoms. The summed E-state index contributed by atoms with van der Waals surface area (Å²) in [5.41, 5.74) is 1.70. The third-order valence-corrected chi connectivity index (χ3v) is 10.1. The van der Waals surface area contributed by atoms with Crippen LogP contribution in [0.15, 0.2) is 16.8 Å². The van der Waals surface area contributed by atoms with E-state index in [0.29, 0.717) is 6.42 Å². The number of carbonyl (C=O) groups is 1. The van der Waals surface area contributed by atoms with Gasteiger partial charge < -0.3 is 29.6 Å². The number of aliphatic hydroxyl groups is 2. The van der Waals surface area contributed by atoms with Gasteiger partial charge in [-0.05, 0) is 90.0 Å². The Morgan fingerprint density at radius 1 is 0.756 bits per heavy atom.